The predicted molar refractivity (Wildman–Crippen MR) is 160 cm³/mol. The summed E-state index contributed by atoms with van der Waals surface area (Å²) in [6, 6.07) is 7.04. The van der Waals surface area contributed by atoms with Crippen molar-refractivity contribution in [3.63, 3.8) is 0 Å². The van der Waals surface area contributed by atoms with Gasteiger partial charge in [-0.25, -0.2) is 0 Å². The van der Waals surface area contributed by atoms with Crippen LogP contribution in [0.4, 0.5) is 11.4 Å². The Morgan fingerprint density at radius 3 is 1.74 bits per heavy atom. The van der Waals surface area contributed by atoms with Crippen LogP contribution in [0.2, 0.25) is 0 Å². The Morgan fingerprint density at radius 1 is 0.771 bits per heavy atom. The second-order valence-corrected chi connectivity index (χ2v) is 13.6. The molecule has 0 amide bonds. The molecule has 2 aromatic rings. The fourth-order valence-corrected chi connectivity index (χ4v) is 7.12. The van der Waals surface area contributed by atoms with Gasteiger partial charge in [-0.3, -0.25) is 0 Å². The Balaban J connectivity index is 2.17. The van der Waals surface area contributed by atoms with Crippen LogP contribution in [-0.4, -0.2) is 23.7 Å². The van der Waals surface area contributed by atoms with E-state index in [2.05, 4.69) is 132 Å². The molecule has 35 heavy (non-hydrogen) atoms. The molecule has 0 aliphatic rings. The van der Waals surface area contributed by atoms with Crippen LogP contribution < -0.4 is 15.1 Å². The van der Waals surface area contributed by atoms with Crippen molar-refractivity contribution in [2.24, 2.45) is 0 Å². The van der Waals surface area contributed by atoms with Crippen molar-refractivity contribution in [1.29, 1.82) is 0 Å². The molecule has 2 N–H and O–H groups in total. The number of nitrogens with one attached hydrogen (secondary N) is 2. The molecule has 0 unspecified atom stereocenters. The predicted octanol–water partition coefficient (Wildman–Crippen LogP) is 8.91. The average Bonchev–Trinajstić information content (AvgIpc) is 2.77. The molecule has 3 nitrogen and oxygen atoms in total. The smallest absolute Gasteiger partial charge is 0.0586 e. The maximum absolute atomic E-state index is 3.81. The topological polar surface area (TPSA) is 27.3 Å². The zero-order valence-corrected chi connectivity index (χ0v) is 27.4. The molecule has 0 spiro atoms. The molecule has 0 aliphatic carbocycles. The summed E-state index contributed by atoms with van der Waals surface area (Å²) >= 11 is 8.70. The summed E-state index contributed by atoms with van der Waals surface area (Å²) in [5.74, 6) is 1.89. The van der Waals surface area contributed by atoms with Crippen molar-refractivity contribution in [1.82, 2.24) is 3.93 Å². The fraction of sp³-hybridized carbons (Fsp3) is 0.586. The van der Waals surface area contributed by atoms with Crippen molar-refractivity contribution in [3.8, 4) is 0 Å². The van der Waals surface area contributed by atoms with Crippen LogP contribution in [0, 0.1) is 13.8 Å². The molecule has 0 radical (unpaired) electrons. The number of halogens is 2. The minimum absolute atomic E-state index is 0.449. The standard InChI is InChI=1S/C29H45BrN3.BrH.Co/c1-18(2)24-13-22(9)14-25(19(3)4)28(24)31-11-12-33(30)17-32-29-26(20(5)6)15-23(10)16-27(29)21(7)8;;/h13-15,18-21,31-32H,11-12,17H2,1-10H3;1H;/q;;+1/p-1. The van der Waals surface area contributed by atoms with Crippen LogP contribution in [0.1, 0.15) is 112 Å². The van der Waals surface area contributed by atoms with Crippen LogP contribution in [0.25, 0.3) is 0 Å². The van der Waals surface area contributed by atoms with E-state index in [-0.39, 0.29) is 0 Å². The van der Waals surface area contributed by atoms with E-state index in [4.69, 9.17) is 0 Å². The molecule has 0 saturated heterocycles. The number of hydrogen-bond donors (Lipinski definition) is 2. The first-order chi connectivity index (χ1) is 16.4. The quantitative estimate of drug-likeness (QED) is 0.177. The summed E-state index contributed by atoms with van der Waals surface area (Å²) in [6.45, 7) is 25.2. The number of benzene rings is 2. The molecule has 0 atom stereocenters. The molecular weight excluding hydrogens is 609 g/mol. The normalized spacial score (nSPS) is 12.1. The number of rotatable bonds is 12. The van der Waals surface area contributed by atoms with Crippen LogP contribution in [0.15, 0.2) is 18.2 Å². The molecule has 0 heterocycles. The summed E-state index contributed by atoms with van der Waals surface area (Å²) in [7, 11) is 0. The zero-order chi connectivity index (χ0) is 26.4. The van der Waals surface area contributed by atoms with Gasteiger partial charge in [0.2, 0.25) is 0 Å². The minimum Gasteiger partial charge on any atom is -0.0586 e. The Hall–Kier alpha value is -0.534. The van der Waals surface area contributed by atoms with E-state index in [1.807, 2.05) is 0 Å². The van der Waals surface area contributed by atoms with Crippen LogP contribution in [0.3, 0.4) is 0 Å². The molecule has 2 rings (SSSR count). The number of hydrogen-bond acceptors (Lipinski definition) is 3. The summed E-state index contributed by atoms with van der Waals surface area (Å²) in [4.78, 5) is 0. The van der Waals surface area contributed by atoms with Gasteiger partial charge in [0.05, 0.1) is 0 Å². The summed E-state index contributed by atoms with van der Waals surface area (Å²) in [5, 5.41) is 7.57. The molecule has 0 fully saturated rings. The van der Waals surface area contributed by atoms with Gasteiger partial charge in [0.1, 0.15) is 0 Å². The van der Waals surface area contributed by atoms with Gasteiger partial charge < -0.3 is 0 Å². The number of nitrogens with zero attached hydrogens (tertiary/aromatic N) is 1. The van der Waals surface area contributed by atoms with E-state index in [1.165, 1.54) is 62.2 Å². The molecule has 0 aromatic heterocycles. The van der Waals surface area contributed by atoms with Crippen molar-refractivity contribution in [3.05, 3.63) is 51.6 Å². The van der Waals surface area contributed by atoms with E-state index in [1.54, 1.807) is 0 Å². The monoisotopic (exact) mass is 652 g/mol. The van der Waals surface area contributed by atoms with Gasteiger partial charge in [-0.15, -0.1) is 0 Å². The Morgan fingerprint density at radius 2 is 1.29 bits per heavy atom. The van der Waals surface area contributed by atoms with Gasteiger partial charge in [0, 0.05) is 0 Å². The molecule has 0 aliphatic heterocycles. The van der Waals surface area contributed by atoms with Gasteiger partial charge in [-0.2, -0.15) is 0 Å². The van der Waals surface area contributed by atoms with E-state index in [9.17, 15) is 0 Å². The van der Waals surface area contributed by atoms with E-state index < -0.39 is 0 Å². The van der Waals surface area contributed by atoms with Gasteiger partial charge in [0.25, 0.3) is 0 Å². The first kappa shape index (κ1) is 30.7. The Kier molecular flexibility index (Phi) is 12.1. The third-order valence-corrected chi connectivity index (χ3v) is 9.00. The molecule has 6 heteroatoms. The van der Waals surface area contributed by atoms with Crippen LogP contribution >= 0.6 is 30.3 Å². The van der Waals surface area contributed by atoms with Crippen molar-refractivity contribution in [2.75, 3.05) is 30.4 Å². The van der Waals surface area contributed by atoms with E-state index in [0.717, 1.165) is 19.8 Å². The first-order valence-corrected chi connectivity index (χ1v) is 16.6. The summed E-state index contributed by atoms with van der Waals surface area (Å²) in [5.41, 5.74) is 11.0. The minimum atomic E-state index is 0.449. The maximum atomic E-state index is 3.81. The zero-order valence-electron chi connectivity index (χ0n) is 23.2. The van der Waals surface area contributed by atoms with Crippen molar-refractivity contribution >= 4 is 46.2 Å². The summed E-state index contributed by atoms with van der Waals surface area (Å²) < 4.78 is 3.57. The van der Waals surface area contributed by atoms with Gasteiger partial charge >= 0.3 is 198 Å². The second-order valence-electron chi connectivity index (χ2n) is 10.8. The Bertz CT molecular complexity index is 957. The van der Waals surface area contributed by atoms with Crippen molar-refractivity contribution < 1.29 is 12.9 Å². The van der Waals surface area contributed by atoms with Crippen LogP contribution in [-0.2, 0) is 12.9 Å². The molecule has 2 aromatic carbocycles. The third-order valence-electron chi connectivity index (χ3n) is 6.42. The second kappa shape index (κ2) is 13.9. The molecule has 199 valence electrons. The number of anilines is 2. The van der Waals surface area contributed by atoms with E-state index in [0.29, 0.717) is 23.7 Å². The third kappa shape index (κ3) is 7.97. The average molecular weight is 654 g/mol. The van der Waals surface area contributed by atoms with Crippen molar-refractivity contribution in [2.45, 2.75) is 92.9 Å². The molecular formula is C29H45Br2CoN3. The van der Waals surface area contributed by atoms with E-state index >= 15 is 0 Å². The van der Waals surface area contributed by atoms with Gasteiger partial charge in [-0.05, 0) is 6.92 Å². The SMILES string of the molecule is Cc1cc(C(C)C)c(NCCN(Br)CNc2c(C(C)C)cc(C)[c]([Co][Br])c2C(C)C)c(C(C)C)c1. The molecule has 0 saturated carbocycles. The Labute approximate surface area is 236 Å². The number of aryl methyl sites for hydroxylation is 2. The van der Waals surface area contributed by atoms with Gasteiger partial charge in [-0.1, -0.05) is 33.3 Å². The first-order valence-electron chi connectivity index (χ1n) is 12.8. The van der Waals surface area contributed by atoms with Crippen LogP contribution in [0.5, 0.6) is 0 Å². The fourth-order valence-electron chi connectivity index (χ4n) is 4.61. The van der Waals surface area contributed by atoms with Gasteiger partial charge in [0.15, 0.2) is 0 Å². The molecule has 0 bridgehead atoms. The summed E-state index contributed by atoms with van der Waals surface area (Å²) in [6.07, 6.45) is 0.